The zero-order valence-electron chi connectivity index (χ0n) is 13.7. The van der Waals surface area contributed by atoms with Gasteiger partial charge in [-0.15, -0.1) is 11.3 Å². The van der Waals surface area contributed by atoms with E-state index in [9.17, 15) is 0 Å². The van der Waals surface area contributed by atoms with Crippen LogP contribution in [0.3, 0.4) is 0 Å². The molecule has 4 heteroatoms. The van der Waals surface area contributed by atoms with Crippen molar-refractivity contribution in [3.05, 3.63) is 83.9 Å². The quantitative estimate of drug-likeness (QED) is 0.339. The average molecular weight is 373 g/mol. The van der Waals surface area contributed by atoms with Gasteiger partial charge < -0.3 is 0 Å². The summed E-state index contributed by atoms with van der Waals surface area (Å²) in [6.07, 6.45) is 0. The van der Waals surface area contributed by atoms with Crippen LogP contribution >= 0.6 is 22.9 Å². The lowest BCUT2D eigenvalue weighted by atomic mass is 10.1. The standard InChI is InChI=1S/C22H13ClN2S/c23-16-10-6-9-15(13-16)22-24-19(14-7-2-1-3-8-14)21-20(25-22)17-11-4-5-12-18(17)26-21/h1-13H. The second kappa shape index (κ2) is 6.20. The number of aromatic nitrogens is 2. The molecule has 3 aromatic carbocycles. The lowest BCUT2D eigenvalue weighted by Gasteiger charge is -2.07. The van der Waals surface area contributed by atoms with E-state index >= 15 is 0 Å². The van der Waals surface area contributed by atoms with Crippen molar-refractivity contribution in [2.45, 2.75) is 0 Å². The molecule has 0 aliphatic heterocycles. The van der Waals surface area contributed by atoms with Crippen molar-refractivity contribution in [3.8, 4) is 22.6 Å². The first kappa shape index (κ1) is 15.5. The topological polar surface area (TPSA) is 25.8 Å². The molecule has 26 heavy (non-hydrogen) atoms. The molecule has 2 heterocycles. The van der Waals surface area contributed by atoms with Gasteiger partial charge in [-0.1, -0.05) is 72.3 Å². The molecule has 0 spiro atoms. The van der Waals surface area contributed by atoms with E-state index in [0.29, 0.717) is 10.8 Å². The summed E-state index contributed by atoms with van der Waals surface area (Å²) in [6, 6.07) is 26.3. The summed E-state index contributed by atoms with van der Waals surface area (Å²) in [5.41, 5.74) is 3.97. The minimum Gasteiger partial charge on any atom is -0.226 e. The molecule has 0 unspecified atom stereocenters. The molecule has 5 aromatic rings. The van der Waals surface area contributed by atoms with Crippen LogP contribution in [0.2, 0.25) is 5.02 Å². The normalized spacial score (nSPS) is 11.3. The van der Waals surface area contributed by atoms with Gasteiger partial charge in [0.1, 0.15) is 0 Å². The Kier molecular flexibility index (Phi) is 3.70. The van der Waals surface area contributed by atoms with Crippen LogP contribution in [0.25, 0.3) is 42.9 Å². The van der Waals surface area contributed by atoms with Crippen molar-refractivity contribution in [3.63, 3.8) is 0 Å². The number of fused-ring (bicyclic) bond motifs is 3. The number of hydrogen-bond acceptors (Lipinski definition) is 3. The Morgan fingerprint density at radius 3 is 2.35 bits per heavy atom. The fraction of sp³-hybridized carbons (Fsp3) is 0. The summed E-state index contributed by atoms with van der Waals surface area (Å²) in [5, 5.41) is 1.85. The Morgan fingerprint density at radius 1 is 0.731 bits per heavy atom. The van der Waals surface area contributed by atoms with E-state index in [1.54, 1.807) is 11.3 Å². The Hall–Kier alpha value is -2.75. The van der Waals surface area contributed by atoms with Crippen LogP contribution in [0.5, 0.6) is 0 Å². The van der Waals surface area contributed by atoms with Crippen LogP contribution in [-0.2, 0) is 0 Å². The van der Waals surface area contributed by atoms with E-state index in [2.05, 4.69) is 36.4 Å². The maximum Gasteiger partial charge on any atom is 0.160 e. The molecule has 0 saturated carbocycles. The molecule has 0 radical (unpaired) electrons. The van der Waals surface area contributed by atoms with Gasteiger partial charge in [-0.05, 0) is 18.2 Å². The van der Waals surface area contributed by atoms with Gasteiger partial charge in [-0.2, -0.15) is 0 Å². The van der Waals surface area contributed by atoms with E-state index in [-0.39, 0.29) is 0 Å². The summed E-state index contributed by atoms with van der Waals surface area (Å²) >= 11 is 7.93. The molecule has 0 atom stereocenters. The number of thiophene rings is 1. The number of rotatable bonds is 2. The minimum atomic E-state index is 0.683. The van der Waals surface area contributed by atoms with Crippen molar-refractivity contribution >= 4 is 43.2 Å². The van der Waals surface area contributed by atoms with Gasteiger partial charge in [-0.3, -0.25) is 0 Å². The van der Waals surface area contributed by atoms with Crippen molar-refractivity contribution < 1.29 is 0 Å². The van der Waals surface area contributed by atoms with Crippen molar-refractivity contribution in [1.29, 1.82) is 0 Å². The SMILES string of the molecule is Clc1cccc(-c2nc(-c3ccccc3)c3sc4ccccc4c3n2)c1. The third kappa shape index (κ3) is 2.57. The predicted molar refractivity (Wildman–Crippen MR) is 111 cm³/mol. The molecule has 0 bridgehead atoms. The molecule has 0 fully saturated rings. The average Bonchev–Trinajstić information content (AvgIpc) is 3.06. The molecule has 124 valence electrons. The van der Waals surface area contributed by atoms with Crippen LogP contribution < -0.4 is 0 Å². The van der Waals surface area contributed by atoms with Gasteiger partial charge in [0.25, 0.3) is 0 Å². The predicted octanol–water partition coefficient (Wildman–Crippen LogP) is 6.83. The van der Waals surface area contributed by atoms with Gasteiger partial charge in [0, 0.05) is 26.2 Å². The third-order valence-electron chi connectivity index (χ3n) is 4.35. The summed E-state index contributed by atoms with van der Waals surface area (Å²) in [6.45, 7) is 0. The molecule has 0 saturated heterocycles. The second-order valence-electron chi connectivity index (χ2n) is 6.05. The highest BCUT2D eigenvalue weighted by Crippen LogP contribution is 2.39. The van der Waals surface area contributed by atoms with Crippen LogP contribution in [0, 0.1) is 0 Å². The molecule has 2 nitrogen and oxygen atoms in total. The lowest BCUT2D eigenvalue weighted by molar-refractivity contribution is 1.24. The van der Waals surface area contributed by atoms with Crippen LogP contribution in [0.15, 0.2) is 78.9 Å². The molecule has 5 rings (SSSR count). The third-order valence-corrected chi connectivity index (χ3v) is 5.75. The second-order valence-corrected chi connectivity index (χ2v) is 7.54. The highest BCUT2D eigenvalue weighted by Gasteiger charge is 2.16. The van der Waals surface area contributed by atoms with E-state index in [4.69, 9.17) is 21.6 Å². The monoisotopic (exact) mass is 372 g/mol. The number of hydrogen-bond donors (Lipinski definition) is 0. The van der Waals surface area contributed by atoms with E-state index in [0.717, 1.165) is 32.4 Å². The summed E-state index contributed by atoms with van der Waals surface area (Å²) in [5.74, 6) is 0.697. The Labute approximate surface area is 159 Å². The van der Waals surface area contributed by atoms with E-state index < -0.39 is 0 Å². The molecule has 2 aromatic heterocycles. The number of nitrogens with zero attached hydrogens (tertiary/aromatic N) is 2. The molecule has 0 aliphatic rings. The van der Waals surface area contributed by atoms with Gasteiger partial charge in [0.05, 0.1) is 15.9 Å². The lowest BCUT2D eigenvalue weighted by Crippen LogP contribution is -1.93. The highest BCUT2D eigenvalue weighted by atomic mass is 35.5. The number of benzene rings is 3. The Balaban J connectivity index is 1.89. The minimum absolute atomic E-state index is 0.683. The molecule has 0 aliphatic carbocycles. The first-order valence-electron chi connectivity index (χ1n) is 8.30. The molecular weight excluding hydrogens is 360 g/mol. The Bertz CT molecular complexity index is 1250. The first-order valence-corrected chi connectivity index (χ1v) is 9.50. The maximum absolute atomic E-state index is 6.19. The summed E-state index contributed by atoms with van der Waals surface area (Å²) in [4.78, 5) is 9.82. The molecule has 0 amide bonds. The van der Waals surface area contributed by atoms with E-state index in [1.807, 2.05) is 42.5 Å². The van der Waals surface area contributed by atoms with Gasteiger partial charge in [0.15, 0.2) is 5.82 Å². The van der Waals surface area contributed by atoms with E-state index in [1.165, 1.54) is 4.70 Å². The fourth-order valence-corrected chi connectivity index (χ4v) is 4.48. The number of halogens is 1. The smallest absolute Gasteiger partial charge is 0.160 e. The van der Waals surface area contributed by atoms with Gasteiger partial charge in [0.2, 0.25) is 0 Å². The highest BCUT2D eigenvalue weighted by molar-refractivity contribution is 7.26. The van der Waals surface area contributed by atoms with Gasteiger partial charge in [-0.25, -0.2) is 9.97 Å². The largest absolute Gasteiger partial charge is 0.226 e. The van der Waals surface area contributed by atoms with Crippen molar-refractivity contribution in [1.82, 2.24) is 9.97 Å². The zero-order chi connectivity index (χ0) is 17.5. The fourth-order valence-electron chi connectivity index (χ4n) is 3.14. The van der Waals surface area contributed by atoms with Crippen molar-refractivity contribution in [2.24, 2.45) is 0 Å². The molecule has 0 N–H and O–H groups in total. The zero-order valence-corrected chi connectivity index (χ0v) is 15.3. The van der Waals surface area contributed by atoms with Gasteiger partial charge >= 0.3 is 0 Å². The van der Waals surface area contributed by atoms with Crippen LogP contribution in [0.4, 0.5) is 0 Å². The van der Waals surface area contributed by atoms with Crippen molar-refractivity contribution in [2.75, 3.05) is 0 Å². The first-order chi connectivity index (χ1) is 12.8. The Morgan fingerprint density at radius 2 is 1.50 bits per heavy atom. The molecular formula is C22H13ClN2S. The summed E-state index contributed by atoms with van der Waals surface area (Å²) in [7, 11) is 0. The van der Waals surface area contributed by atoms with Crippen LogP contribution in [0.1, 0.15) is 0 Å². The maximum atomic E-state index is 6.19. The van der Waals surface area contributed by atoms with Crippen LogP contribution in [-0.4, -0.2) is 9.97 Å². The summed E-state index contributed by atoms with van der Waals surface area (Å²) < 4.78 is 2.33.